The highest BCUT2D eigenvalue weighted by Gasteiger charge is 2.31. The Bertz CT molecular complexity index is 655. The van der Waals surface area contributed by atoms with Gasteiger partial charge in [-0.2, -0.15) is 0 Å². The normalized spacial score (nSPS) is 25.3. The summed E-state index contributed by atoms with van der Waals surface area (Å²) >= 11 is 0. The molecule has 6 nitrogen and oxygen atoms in total. The van der Waals surface area contributed by atoms with Crippen LogP contribution in [0.15, 0.2) is 24.3 Å². The van der Waals surface area contributed by atoms with Crippen molar-refractivity contribution in [1.82, 2.24) is 15.5 Å². The number of rotatable bonds is 3. The molecule has 150 valence electrons. The fraction of sp³-hybridized carbons (Fsp3) is 0.600. The quantitative estimate of drug-likeness (QED) is 0.738. The van der Waals surface area contributed by atoms with Gasteiger partial charge in [-0.05, 0) is 56.3 Å². The highest BCUT2D eigenvalue weighted by molar-refractivity contribution is 5.90. The lowest BCUT2D eigenvalue weighted by molar-refractivity contribution is -0.127. The molecule has 3 unspecified atom stereocenters. The molecule has 2 aliphatic rings. The van der Waals surface area contributed by atoms with Gasteiger partial charge in [0, 0.05) is 31.4 Å². The van der Waals surface area contributed by atoms with E-state index in [1.807, 2.05) is 31.2 Å². The Morgan fingerprint density at radius 2 is 2.07 bits per heavy atom. The Labute approximate surface area is 167 Å². The number of nitrogens with zero attached hydrogens (tertiary/aromatic N) is 1. The van der Waals surface area contributed by atoms with Gasteiger partial charge < -0.3 is 20.9 Å². The molecule has 0 saturated carbocycles. The minimum absolute atomic E-state index is 0. The standard InChI is InChI=1S/C20H30N4O2.ClH/c1-14-5-3-7-17(11-14)22-20(26)24-10-4-6-16(13-24)19(25)23-18-12-21-9-8-15(18)2;/h3,5,7,11,15-16,18,21H,4,6,8-10,12-13H2,1-2H3,(H,22,26)(H,23,25);1H. The van der Waals surface area contributed by atoms with Crippen LogP contribution in [0.2, 0.25) is 0 Å². The van der Waals surface area contributed by atoms with E-state index in [0.717, 1.165) is 43.6 Å². The molecule has 3 atom stereocenters. The van der Waals surface area contributed by atoms with Crippen LogP contribution >= 0.6 is 12.4 Å². The van der Waals surface area contributed by atoms with Gasteiger partial charge in [-0.15, -0.1) is 12.4 Å². The second-order valence-corrected chi connectivity index (χ2v) is 7.67. The van der Waals surface area contributed by atoms with Crippen LogP contribution in [-0.4, -0.2) is 49.1 Å². The van der Waals surface area contributed by atoms with Gasteiger partial charge in [-0.1, -0.05) is 19.1 Å². The summed E-state index contributed by atoms with van der Waals surface area (Å²) in [6.07, 6.45) is 2.78. The lowest BCUT2D eigenvalue weighted by atomic mass is 9.92. The summed E-state index contributed by atoms with van der Waals surface area (Å²) in [5.41, 5.74) is 1.90. The molecule has 1 aromatic carbocycles. The number of nitrogens with one attached hydrogen (secondary N) is 3. The molecule has 0 spiro atoms. The predicted octanol–water partition coefficient (Wildman–Crippen LogP) is 2.77. The zero-order chi connectivity index (χ0) is 18.5. The van der Waals surface area contributed by atoms with Gasteiger partial charge in [0.1, 0.15) is 0 Å². The third-order valence-electron chi connectivity index (χ3n) is 5.50. The number of carbonyl (C=O) groups is 2. The van der Waals surface area contributed by atoms with Gasteiger partial charge in [-0.3, -0.25) is 4.79 Å². The van der Waals surface area contributed by atoms with Gasteiger partial charge >= 0.3 is 6.03 Å². The first-order valence-electron chi connectivity index (χ1n) is 9.66. The number of piperidine rings is 2. The Balaban J connectivity index is 0.00000261. The van der Waals surface area contributed by atoms with Crippen LogP contribution in [0.3, 0.4) is 0 Å². The highest BCUT2D eigenvalue weighted by Crippen LogP contribution is 2.20. The first kappa shape index (κ1) is 21.5. The van der Waals surface area contributed by atoms with E-state index in [1.54, 1.807) is 4.90 Å². The molecule has 3 amide bonds. The average molecular weight is 395 g/mol. The number of benzene rings is 1. The number of carbonyl (C=O) groups excluding carboxylic acids is 2. The van der Waals surface area contributed by atoms with E-state index in [0.29, 0.717) is 19.0 Å². The number of aryl methyl sites for hydroxylation is 1. The van der Waals surface area contributed by atoms with Crippen molar-refractivity contribution in [2.75, 3.05) is 31.5 Å². The van der Waals surface area contributed by atoms with Crippen LogP contribution in [-0.2, 0) is 4.79 Å². The van der Waals surface area contributed by atoms with Crippen LogP contribution < -0.4 is 16.0 Å². The highest BCUT2D eigenvalue weighted by atomic mass is 35.5. The first-order valence-corrected chi connectivity index (χ1v) is 9.66. The van der Waals surface area contributed by atoms with Gasteiger partial charge in [-0.25, -0.2) is 4.79 Å². The van der Waals surface area contributed by atoms with Gasteiger partial charge in [0.25, 0.3) is 0 Å². The van der Waals surface area contributed by atoms with E-state index in [1.165, 1.54) is 0 Å². The molecule has 2 aliphatic heterocycles. The van der Waals surface area contributed by atoms with Crippen molar-refractivity contribution in [2.24, 2.45) is 11.8 Å². The number of hydrogen-bond donors (Lipinski definition) is 3. The van der Waals surface area contributed by atoms with Crippen molar-refractivity contribution in [3.8, 4) is 0 Å². The Morgan fingerprint density at radius 1 is 1.26 bits per heavy atom. The Kier molecular flexibility index (Phi) is 7.92. The van der Waals surface area contributed by atoms with E-state index < -0.39 is 0 Å². The molecular weight excluding hydrogens is 364 g/mol. The van der Waals surface area contributed by atoms with E-state index in [-0.39, 0.29) is 36.3 Å². The fourth-order valence-electron chi connectivity index (χ4n) is 3.78. The number of urea groups is 1. The van der Waals surface area contributed by atoms with E-state index in [9.17, 15) is 9.59 Å². The molecule has 0 aliphatic carbocycles. The SMILES string of the molecule is Cc1cccc(NC(=O)N2CCCC(C(=O)NC3CNCCC3C)C2)c1.Cl. The lowest BCUT2D eigenvalue weighted by Crippen LogP contribution is -2.54. The summed E-state index contributed by atoms with van der Waals surface area (Å²) < 4.78 is 0. The fourth-order valence-corrected chi connectivity index (χ4v) is 3.78. The van der Waals surface area contributed by atoms with Crippen LogP contribution in [0.4, 0.5) is 10.5 Å². The largest absolute Gasteiger partial charge is 0.352 e. The summed E-state index contributed by atoms with van der Waals surface area (Å²) in [4.78, 5) is 27.0. The summed E-state index contributed by atoms with van der Waals surface area (Å²) in [7, 11) is 0. The molecule has 27 heavy (non-hydrogen) atoms. The molecule has 2 fully saturated rings. The second-order valence-electron chi connectivity index (χ2n) is 7.67. The van der Waals surface area contributed by atoms with Crippen molar-refractivity contribution in [3.63, 3.8) is 0 Å². The lowest BCUT2D eigenvalue weighted by Gasteiger charge is -2.35. The Hall–Kier alpha value is -1.79. The van der Waals surface area contributed by atoms with E-state index in [4.69, 9.17) is 0 Å². The van der Waals surface area contributed by atoms with Crippen LogP contribution in [0.1, 0.15) is 31.7 Å². The van der Waals surface area contributed by atoms with Crippen molar-refractivity contribution in [1.29, 1.82) is 0 Å². The summed E-state index contributed by atoms with van der Waals surface area (Å²) in [6.45, 7) is 7.22. The second kappa shape index (κ2) is 9.95. The smallest absolute Gasteiger partial charge is 0.321 e. The van der Waals surface area contributed by atoms with Crippen molar-refractivity contribution < 1.29 is 9.59 Å². The van der Waals surface area contributed by atoms with Crippen LogP contribution in [0, 0.1) is 18.8 Å². The molecule has 0 bridgehead atoms. The molecule has 2 saturated heterocycles. The predicted molar refractivity (Wildman–Crippen MR) is 110 cm³/mol. The topological polar surface area (TPSA) is 73.5 Å². The molecule has 2 heterocycles. The minimum Gasteiger partial charge on any atom is -0.352 e. The van der Waals surface area contributed by atoms with Gasteiger partial charge in [0.05, 0.1) is 5.92 Å². The maximum atomic E-state index is 12.7. The summed E-state index contributed by atoms with van der Waals surface area (Å²) in [6, 6.07) is 7.82. The maximum Gasteiger partial charge on any atom is 0.321 e. The summed E-state index contributed by atoms with van der Waals surface area (Å²) in [5.74, 6) is 0.448. The number of anilines is 1. The molecule has 0 aromatic heterocycles. The third kappa shape index (κ3) is 5.84. The van der Waals surface area contributed by atoms with Crippen molar-refractivity contribution in [3.05, 3.63) is 29.8 Å². The molecule has 1 aromatic rings. The summed E-state index contributed by atoms with van der Waals surface area (Å²) in [5, 5.41) is 9.48. The molecule has 7 heteroatoms. The van der Waals surface area contributed by atoms with Crippen LogP contribution in [0.25, 0.3) is 0 Å². The van der Waals surface area contributed by atoms with Gasteiger partial charge in [0.15, 0.2) is 0 Å². The number of amides is 3. The zero-order valence-corrected chi connectivity index (χ0v) is 17.0. The molecule has 3 rings (SSSR count). The van der Waals surface area contributed by atoms with E-state index in [2.05, 4.69) is 22.9 Å². The van der Waals surface area contributed by atoms with Crippen molar-refractivity contribution >= 4 is 30.0 Å². The first-order chi connectivity index (χ1) is 12.5. The average Bonchev–Trinajstić information content (AvgIpc) is 2.63. The van der Waals surface area contributed by atoms with Crippen LogP contribution in [0.5, 0.6) is 0 Å². The molecule has 0 radical (unpaired) electrons. The third-order valence-corrected chi connectivity index (χ3v) is 5.50. The minimum atomic E-state index is -0.124. The van der Waals surface area contributed by atoms with Gasteiger partial charge in [0.2, 0.25) is 5.91 Å². The monoisotopic (exact) mass is 394 g/mol. The van der Waals surface area contributed by atoms with Crippen molar-refractivity contribution in [2.45, 2.75) is 39.2 Å². The maximum absolute atomic E-state index is 12.7. The Morgan fingerprint density at radius 3 is 2.81 bits per heavy atom. The van der Waals surface area contributed by atoms with E-state index >= 15 is 0 Å². The molecular formula is C20H31ClN4O2. The zero-order valence-electron chi connectivity index (χ0n) is 16.2. The number of likely N-dealkylation sites (tertiary alicyclic amines) is 1. The number of hydrogen-bond acceptors (Lipinski definition) is 3. The number of halogens is 1. The molecule has 3 N–H and O–H groups in total.